The maximum absolute atomic E-state index is 2.43. The summed E-state index contributed by atoms with van der Waals surface area (Å²) in [4.78, 5) is 3.85. The molecule has 1 aliphatic heterocycles. The van der Waals surface area contributed by atoms with E-state index in [2.05, 4.69) is 43.1 Å². The number of aryl methyl sites for hydroxylation is 1. The molecule has 0 atom stereocenters. The van der Waals surface area contributed by atoms with Crippen molar-refractivity contribution in [2.45, 2.75) is 25.7 Å². The van der Waals surface area contributed by atoms with Crippen molar-refractivity contribution in [3.8, 4) is 0 Å². The summed E-state index contributed by atoms with van der Waals surface area (Å²) >= 11 is 1.90. The van der Waals surface area contributed by atoms with E-state index in [0.717, 1.165) is 5.92 Å². The molecule has 2 heteroatoms. The molecule has 1 fully saturated rings. The van der Waals surface area contributed by atoms with Gasteiger partial charge in [0.1, 0.15) is 0 Å². The average molecular weight is 245 g/mol. The minimum absolute atomic E-state index is 0.774. The molecule has 0 unspecified atom stereocenters. The Morgan fingerprint density at radius 3 is 2.71 bits per heavy atom. The molecular formula is C15H19NS. The molecule has 0 N–H and O–H groups in total. The van der Waals surface area contributed by atoms with Crippen molar-refractivity contribution in [3.63, 3.8) is 0 Å². The molecule has 1 aromatic heterocycles. The molecule has 0 amide bonds. The molecule has 2 aromatic rings. The Balaban J connectivity index is 1.89. The van der Waals surface area contributed by atoms with Gasteiger partial charge in [0, 0.05) is 9.58 Å². The topological polar surface area (TPSA) is 3.24 Å². The monoisotopic (exact) mass is 245 g/mol. The minimum Gasteiger partial charge on any atom is -0.306 e. The van der Waals surface area contributed by atoms with E-state index < -0.39 is 0 Å². The fraction of sp³-hybridized carbons (Fsp3) is 0.467. The molecule has 1 nitrogen and oxygen atoms in total. The molecular weight excluding hydrogens is 226 g/mol. The van der Waals surface area contributed by atoms with Crippen LogP contribution in [0.3, 0.4) is 0 Å². The van der Waals surface area contributed by atoms with Gasteiger partial charge in [-0.05, 0) is 68.9 Å². The van der Waals surface area contributed by atoms with Gasteiger partial charge in [0.25, 0.3) is 0 Å². The van der Waals surface area contributed by atoms with Crippen LogP contribution in [-0.4, -0.2) is 25.0 Å². The highest BCUT2D eigenvalue weighted by molar-refractivity contribution is 7.19. The smallest absolute Gasteiger partial charge is 0.0345 e. The highest BCUT2D eigenvalue weighted by Crippen LogP contribution is 2.32. The third kappa shape index (κ3) is 2.24. The summed E-state index contributed by atoms with van der Waals surface area (Å²) < 4.78 is 1.43. The predicted octanol–water partition coefficient (Wildman–Crippen LogP) is 4.02. The van der Waals surface area contributed by atoms with Gasteiger partial charge in [-0.15, -0.1) is 11.3 Å². The Bertz CT molecular complexity index is 521. The van der Waals surface area contributed by atoms with Crippen molar-refractivity contribution in [1.82, 2.24) is 4.90 Å². The maximum Gasteiger partial charge on any atom is 0.0345 e. The third-order valence-electron chi connectivity index (χ3n) is 3.85. The molecule has 3 rings (SSSR count). The van der Waals surface area contributed by atoms with Crippen LogP contribution in [0.1, 0.15) is 29.2 Å². The van der Waals surface area contributed by atoms with Gasteiger partial charge in [0.2, 0.25) is 0 Å². The van der Waals surface area contributed by atoms with Crippen LogP contribution in [0.2, 0.25) is 0 Å². The first-order chi connectivity index (χ1) is 8.22. The molecule has 0 bridgehead atoms. The standard InChI is InChI=1S/C15H19NS/c1-11-9-14-10-13(3-4-15(14)17-11)12-5-7-16(2)8-6-12/h3-4,9-10,12H,5-8H2,1-2H3. The van der Waals surface area contributed by atoms with Crippen molar-refractivity contribution in [2.75, 3.05) is 20.1 Å². The summed E-state index contributed by atoms with van der Waals surface area (Å²) in [5.41, 5.74) is 1.54. The molecule has 0 radical (unpaired) electrons. The summed E-state index contributed by atoms with van der Waals surface area (Å²) in [7, 11) is 2.22. The molecule has 17 heavy (non-hydrogen) atoms. The predicted molar refractivity (Wildman–Crippen MR) is 76.0 cm³/mol. The Labute approximate surface area is 107 Å². The van der Waals surface area contributed by atoms with E-state index in [-0.39, 0.29) is 0 Å². The van der Waals surface area contributed by atoms with E-state index in [4.69, 9.17) is 0 Å². The molecule has 0 saturated carbocycles. The van der Waals surface area contributed by atoms with Crippen LogP contribution in [0, 0.1) is 6.92 Å². The average Bonchev–Trinajstić information content (AvgIpc) is 2.69. The lowest BCUT2D eigenvalue weighted by Gasteiger charge is -2.29. The van der Waals surface area contributed by atoms with E-state index in [1.807, 2.05) is 11.3 Å². The summed E-state index contributed by atoms with van der Waals surface area (Å²) in [5.74, 6) is 0.774. The normalized spacial score (nSPS) is 18.9. The Hall–Kier alpha value is -0.860. The van der Waals surface area contributed by atoms with Crippen molar-refractivity contribution in [2.24, 2.45) is 0 Å². The second-order valence-electron chi connectivity index (χ2n) is 5.23. The second-order valence-corrected chi connectivity index (χ2v) is 6.52. The Morgan fingerprint density at radius 1 is 1.18 bits per heavy atom. The number of hydrogen-bond donors (Lipinski definition) is 0. The summed E-state index contributed by atoms with van der Waals surface area (Å²) in [5, 5.41) is 1.43. The molecule has 0 aliphatic carbocycles. The van der Waals surface area contributed by atoms with Crippen LogP contribution in [0.25, 0.3) is 10.1 Å². The molecule has 0 spiro atoms. The maximum atomic E-state index is 2.43. The lowest BCUT2D eigenvalue weighted by atomic mass is 9.89. The van der Waals surface area contributed by atoms with Gasteiger partial charge in [-0.3, -0.25) is 0 Å². The lowest BCUT2D eigenvalue weighted by Crippen LogP contribution is -2.29. The Kier molecular flexibility index (Phi) is 2.93. The van der Waals surface area contributed by atoms with E-state index >= 15 is 0 Å². The van der Waals surface area contributed by atoms with E-state index in [1.54, 1.807) is 5.56 Å². The van der Waals surface area contributed by atoms with Gasteiger partial charge in [-0.1, -0.05) is 12.1 Å². The molecule has 1 aromatic carbocycles. The van der Waals surface area contributed by atoms with Gasteiger partial charge in [0.05, 0.1) is 0 Å². The highest BCUT2D eigenvalue weighted by Gasteiger charge is 2.18. The SMILES string of the molecule is Cc1cc2cc(C3CCN(C)CC3)ccc2s1. The van der Waals surface area contributed by atoms with Crippen molar-refractivity contribution in [1.29, 1.82) is 0 Å². The third-order valence-corrected chi connectivity index (χ3v) is 4.89. The summed E-state index contributed by atoms with van der Waals surface area (Å²) in [6, 6.07) is 9.38. The van der Waals surface area contributed by atoms with Crippen LogP contribution in [0.15, 0.2) is 24.3 Å². The zero-order valence-corrected chi connectivity index (χ0v) is 11.4. The van der Waals surface area contributed by atoms with E-state index in [9.17, 15) is 0 Å². The Morgan fingerprint density at radius 2 is 1.94 bits per heavy atom. The van der Waals surface area contributed by atoms with Crippen LogP contribution >= 0.6 is 11.3 Å². The largest absolute Gasteiger partial charge is 0.306 e. The number of hydrogen-bond acceptors (Lipinski definition) is 2. The van der Waals surface area contributed by atoms with Gasteiger partial charge in [0.15, 0.2) is 0 Å². The number of likely N-dealkylation sites (tertiary alicyclic amines) is 1. The van der Waals surface area contributed by atoms with Gasteiger partial charge < -0.3 is 4.90 Å². The lowest BCUT2D eigenvalue weighted by molar-refractivity contribution is 0.255. The highest BCUT2D eigenvalue weighted by atomic mass is 32.1. The zero-order valence-electron chi connectivity index (χ0n) is 10.6. The van der Waals surface area contributed by atoms with Crippen LogP contribution in [-0.2, 0) is 0 Å². The first-order valence-electron chi connectivity index (χ1n) is 6.41. The fourth-order valence-electron chi connectivity index (χ4n) is 2.79. The quantitative estimate of drug-likeness (QED) is 0.733. The second kappa shape index (κ2) is 4.43. The number of nitrogens with zero attached hydrogens (tertiary/aromatic N) is 1. The van der Waals surface area contributed by atoms with Crippen molar-refractivity contribution < 1.29 is 0 Å². The molecule has 90 valence electrons. The van der Waals surface area contributed by atoms with Gasteiger partial charge in [-0.25, -0.2) is 0 Å². The number of benzene rings is 1. The summed E-state index contributed by atoms with van der Waals surface area (Å²) in [6.45, 7) is 4.68. The first-order valence-corrected chi connectivity index (χ1v) is 7.22. The van der Waals surface area contributed by atoms with E-state index in [1.165, 1.54) is 40.9 Å². The molecule has 1 aliphatic rings. The van der Waals surface area contributed by atoms with Crippen LogP contribution in [0.4, 0.5) is 0 Å². The van der Waals surface area contributed by atoms with E-state index in [0.29, 0.717) is 0 Å². The molecule has 2 heterocycles. The first kappa shape index (κ1) is 11.2. The van der Waals surface area contributed by atoms with Gasteiger partial charge in [-0.2, -0.15) is 0 Å². The number of fused-ring (bicyclic) bond motifs is 1. The van der Waals surface area contributed by atoms with Crippen molar-refractivity contribution in [3.05, 3.63) is 34.7 Å². The summed E-state index contributed by atoms with van der Waals surface area (Å²) in [6.07, 6.45) is 2.62. The van der Waals surface area contributed by atoms with Gasteiger partial charge >= 0.3 is 0 Å². The number of piperidine rings is 1. The minimum atomic E-state index is 0.774. The van der Waals surface area contributed by atoms with Crippen LogP contribution < -0.4 is 0 Å². The van der Waals surface area contributed by atoms with Crippen LogP contribution in [0.5, 0.6) is 0 Å². The van der Waals surface area contributed by atoms with Crippen molar-refractivity contribution >= 4 is 21.4 Å². The number of rotatable bonds is 1. The zero-order chi connectivity index (χ0) is 11.8. The molecule has 1 saturated heterocycles. The number of thiophene rings is 1. The fourth-order valence-corrected chi connectivity index (χ4v) is 3.69.